The van der Waals surface area contributed by atoms with E-state index in [1.807, 2.05) is 86.1 Å². The molecular formula is C21H23N3O2. The van der Waals surface area contributed by atoms with Gasteiger partial charge in [0.15, 0.2) is 0 Å². The molecule has 1 aromatic heterocycles. The third-order valence-electron chi connectivity index (χ3n) is 4.07. The van der Waals surface area contributed by atoms with E-state index in [-0.39, 0.29) is 16.9 Å². The van der Waals surface area contributed by atoms with Crippen LogP contribution in [0.1, 0.15) is 33.4 Å². The molecule has 0 radical (unpaired) electrons. The van der Waals surface area contributed by atoms with Crippen LogP contribution in [0.4, 0.5) is 5.69 Å². The first kappa shape index (κ1) is 17.7. The topological polar surface area (TPSA) is 56.0 Å². The predicted octanol–water partition coefficient (Wildman–Crippen LogP) is 3.88. The molecule has 0 spiro atoms. The maximum absolute atomic E-state index is 13.3. The van der Waals surface area contributed by atoms with Crippen LogP contribution in [0.3, 0.4) is 0 Å². The highest BCUT2D eigenvalue weighted by molar-refractivity contribution is 5.89. The van der Waals surface area contributed by atoms with Gasteiger partial charge in [0.05, 0.1) is 17.1 Å². The number of nitrogens with one attached hydrogen (secondary N) is 1. The van der Waals surface area contributed by atoms with Crippen LogP contribution in [-0.2, 0) is 10.2 Å². The van der Waals surface area contributed by atoms with Crippen LogP contribution in [0, 0.1) is 0 Å². The van der Waals surface area contributed by atoms with Crippen LogP contribution in [-0.4, -0.2) is 15.3 Å². The average Bonchev–Trinajstić information content (AvgIpc) is 2.89. The SMILES string of the molecule is CC(=O)Nc1c(C(C)(C)C)n(-c2ccccc2)n(-c2ccccc2)c1=O. The van der Waals surface area contributed by atoms with Gasteiger partial charge in [0.1, 0.15) is 5.69 Å². The summed E-state index contributed by atoms with van der Waals surface area (Å²) in [5, 5.41) is 2.76. The number of benzene rings is 2. The molecule has 5 heteroatoms. The zero-order valence-corrected chi connectivity index (χ0v) is 15.5. The number of anilines is 1. The largest absolute Gasteiger partial charge is 0.320 e. The Bertz CT molecular complexity index is 978. The number of nitrogens with zero attached hydrogens (tertiary/aromatic N) is 2. The molecule has 1 amide bonds. The van der Waals surface area contributed by atoms with Crippen molar-refractivity contribution in [3.05, 3.63) is 76.7 Å². The van der Waals surface area contributed by atoms with E-state index < -0.39 is 0 Å². The van der Waals surface area contributed by atoms with E-state index >= 15 is 0 Å². The first-order valence-corrected chi connectivity index (χ1v) is 8.57. The van der Waals surface area contributed by atoms with Crippen molar-refractivity contribution in [1.29, 1.82) is 0 Å². The first-order chi connectivity index (χ1) is 12.3. The molecule has 0 atom stereocenters. The number of amides is 1. The Labute approximate surface area is 152 Å². The number of carbonyl (C=O) groups is 1. The van der Waals surface area contributed by atoms with E-state index in [1.54, 1.807) is 4.68 Å². The minimum Gasteiger partial charge on any atom is -0.320 e. The zero-order chi connectivity index (χ0) is 18.9. The lowest BCUT2D eigenvalue weighted by Crippen LogP contribution is -2.23. The van der Waals surface area contributed by atoms with Gasteiger partial charge in [-0.3, -0.25) is 9.59 Å². The summed E-state index contributed by atoms with van der Waals surface area (Å²) >= 11 is 0. The molecule has 1 N–H and O–H groups in total. The number of aromatic nitrogens is 2. The molecule has 0 saturated carbocycles. The molecule has 134 valence electrons. The highest BCUT2D eigenvalue weighted by Crippen LogP contribution is 2.31. The van der Waals surface area contributed by atoms with Gasteiger partial charge in [0, 0.05) is 12.3 Å². The number of hydrogen-bond donors (Lipinski definition) is 1. The van der Waals surface area contributed by atoms with Crippen molar-refractivity contribution in [2.75, 3.05) is 5.32 Å². The van der Waals surface area contributed by atoms with E-state index in [4.69, 9.17) is 0 Å². The second-order valence-electron chi connectivity index (χ2n) is 7.25. The summed E-state index contributed by atoms with van der Waals surface area (Å²) in [5.41, 5.74) is 2.05. The maximum Gasteiger partial charge on any atom is 0.295 e. The fraction of sp³-hybridized carbons (Fsp3) is 0.238. The quantitative estimate of drug-likeness (QED) is 0.780. The summed E-state index contributed by atoms with van der Waals surface area (Å²) in [6, 6.07) is 19.1. The summed E-state index contributed by atoms with van der Waals surface area (Å²) in [5.74, 6) is -0.266. The number of carbonyl (C=O) groups excluding carboxylic acids is 1. The van der Waals surface area contributed by atoms with E-state index in [2.05, 4.69) is 5.32 Å². The molecule has 0 saturated heterocycles. The van der Waals surface area contributed by atoms with Crippen LogP contribution >= 0.6 is 0 Å². The van der Waals surface area contributed by atoms with Crippen LogP contribution in [0.5, 0.6) is 0 Å². The van der Waals surface area contributed by atoms with Gasteiger partial charge in [-0.2, -0.15) is 0 Å². The van der Waals surface area contributed by atoms with Gasteiger partial charge in [0.25, 0.3) is 5.56 Å². The minimum atomic E-state index is -0.368. The number of para-hydroxylation sites is 2. The van der Waals surface area contributed by atoms with Crippen LogP contribution < -0.4 is 10.9 Å². The van der Waals surface area contributed by atoms with Crippen molar-refractivity contribution in [3.8, 4) is 11.4 Å². The molecular weight excluding hydrogens is 326 g/mol. The Hall–Kier alpha value is -3.08. The molecule has 26 heavy (non-hydrogen) atoms. The van der Waals surface area contributed by atoms with Crippen molar-refractivity contribution in [2.24, 2.45) is 0 Å². The fourth-order valence-corrected chi connectivity index (χ4v) is 3.10. The van der Waals surface area contributed by atoms with Crippen molar-refractivity contribution in [2.45, 2.75) is 33.1 Å². The molecule has 1 heterocycles. The fourth-order valence-electron chi connectivity index (χ4n) is 3.10. The van der Waals surface area contributed by atoms with Gasteiger partial charge in [-0.25, -0.2) is 9.36 Å². The van der Waals surface area contributed by atoms with Crippen molar-refractivity contribution < 1.29 is 4.79 Å². The molecule has 0 aliphatic heterocycles. The van der Waals surface area contributed by atoms with E-state index in [9.17, 15) is 9.59 Å². The summed E-state index contributed by atoms with van der Waals surface area (Å²) in [4.78, 5) is 25.1. The molecule has 0 fully saturated rings. The third kappa shape index (κ3) is 3.20. The van der Waals surface area contributed by atoms with E-state index in [0.29, 0.717) is 5.69 Å². The highest BCUT2D eigenvalue weighted by Gasteiger charge is 2.30. The molecule has 3 rings (SSSR count). The summed E-state index contributed by atoms with van der Waals surface area (Å²) in [6.45, 7) is 7.50. The molecule has 0 bridgehead atoms. The Morgan fingerprint density at radius 3 is 1.73 bits per heavy atom. The average molecular weight is 349 g/mol. The van der Waals surface area contributed by atoms with Crippen LogP contribution in [0.15, 0.2) is 65.5 Å². The highest BCUT2D eigenvalue weighted by atomic mass is 16.2. The second-order valence-corrected chi connectivity index (χ2v) is 7.25. The van der Waals surface area contributed by atoms with E-state index in [1.165, 1.54) is 6.92 Å². The molecule has 2 aromatic carbocycles. The monoisotopic (exact) mass is 349 g/mol. The van der Waals surface area contributed by atoms with Gasteiger partial charge in [-0.05, 0) is 24.3 Å². The molecule has 0 aliphatic carbocycles. The number of hydrogen-bond acceptors (Lipinski definition) is 2. The Morgan fingerprint density at radius 1 is 0.846 bits per heavy atom. The predicted molar refractivity (Wildman–Crippen MR) is 104 cm³/mol. The molecule has 3 aromatic rings. The summed E-state index contributed by atoms with van der Waals surface area (Å²) in [6.07, 6.45) is 0. The molecule has 5 nitrogen and oxygen atoms in total. The minimum absolute atomic E-state index is 0.250. The number of rotatable bonds is 3. The smallest absolute Gasteiger partial charge is 0.295 e. The van der Waals surface area contributed by atoms with Gasteiger partial charge in [0.2, 0.25) is 5.91 Å². The standard InChI is InChI=1S/C21H23N3O2/c1-15(25)22-18-19(21(2,3)4)23(16-11-7-5-8-12-16)24(20(18)26)17-13-9-6-10-14-17/h5-14H,1-4H3,(H,22,25). The lowest BCUT2D eigenvalue weighted by molar-refractivity contribution is -0.114. The normalized spacial score (nSPS) is 11.4. The van der Waals surface area contributed by atoms with Crippen LogP contribution in [0.2, 0.25) is 0 Å². The molecule has 0 unspecified atom stereocenters. The van der Waals surface area contributed by atoms with Crippen LogP contribution in [0.25, 0.3) is 11.4 Å². The van der Waals surface area contributed by atoms with Crippen molar-refractivity contribution in [3.63, 3.8) is 0 Å². The Morgan fingerprint density at radius 2 is 1.31 bits per heavy atom. The Kier molecular flexibility index (Phi) is 4.55. The second kappa shape index (κ2) is 6.67. The third-order valence-corrected chi connectivity index (χ3v) is 4.07. The zero-order valence-electron chi connectivity index (χ0n) is 15.5. The first-order valence-electron chi connectivity index (χ1n) is 8.57. The summed E-state index contributed by atoms with van der Waals surface area (Å²) in [7, 11) is 0. The van der Waals surface area contributed by atoms with Gasteiger partial charge < -0.3 is 5.32 Å². The van der Waals surface area contributed by atoms with Gasteiger partial charge in [-0.15, -0.1) is 0 Å². The van der Waals surface area contributed by atoms with Gasteiger partial charge >= 0.3 is 0 Å². The summed E-state index contributed by atoms with van der Waals surface area (Å²) < 4.78 is 3.50. The Balaban J connectivity index is 2.46. The lowest BCUT2D eigenvalue weighted by Gasteiger charge is -2.24. The maximum atomic E-state index is 13.3. The van der Waals surface area contributed by atoms with Gasteiger partial charge in [-0.1, -0.05) is 57.2 Å². The van der Waals surface area contributed by atoms with Crippen molar-refractivity contribution >= 4 is 11.6 Å². The molecule has 0 aliphatic rings. The van der Waals surface area contributed by atoms with Crippen molar-refractivity contribution in [1.82, 2.24) is 9.36 Å². The lowest BCUT2D eigenvalue weighted by atomic mass is 9.90. The van der Waals surface area contributed by atoms with E-state index in [0.717, 1.165) is 17.1 Å².